The van der Waals surface area contributed by atoms with Gasteiger partial charge in [0.25, 0.3) is 5.91 Å². The van der Waals surface area contributed by atoms with E-state index < -0.39 is 5.60 Å². The molecule has 0 aromatic carbocycles. The molecule has 0 spiro atoms. The van der Waals surface area contributed by atoms with Crippen LogP contribution in [0, 0.1) is 6.92 Å². The molecule has 0 radical (unpaired) electrons. The van der Waals surface area contributed by atoms with Gasteiger partial charge >= 0.3 is 0 Å². The highest BCUT2D eigenvalue weighted by Gasteiger charge is 2.34. The fourth-order valence-corrected chi connectivity index (χ4v) is 3.86. The van der Waals surface area contributed by atoms with Crippen LogP contribution in [0.2, 0.25) is 0 Å². The van der Waals surface area contributed by atoms with Crippen LogP contribution in [-0.4, -0.2) is 47.2 Å². The third-order valence-electron chi connectivity index (χ3n) is 4.12. The molecule has 0 bridgehead atoms. The Morgan fingerprint density at radius 2 is 2.14 bits per heavy atom. The number of hydrogen-bond donors (Lipinski definition) is 1. The highest BCUT2D eigenvalue weighted by atomic mass is 32.1. The number of hydrogen-bond acceptors (Lipinski definition) is 5. The second-order valence-electron chi connectivity index (χ2n) is 5.94. The third-order valence-corrected chi connectivity index (χ3v) is 5.43. The van der Waals surface area contributed by atoms with Crippen LogP contribution in [0.4, 0.5) is 0 Å². The predicted molar refractivity (Wildman–Crippen MR) is 82.7 cm³/mol. The Bertz CT molecular complexity index is 509. The SMILES string of the molecule is COC(C)c1nc(C)c(C(=O)N(C)CC2(O)CCCC2)s1. The largest absolute Gasteiger partial charge is 0.388 e. The lowest BCUT2D eigenvalue weighted by molar-refractivity contribution is 0.0158. The molecule has 1 aromatic rings. The van der Waals surface area contributed by atoms with Gasteiger partial charge in [-0.1, -0.05) is 12.8 Å². The number of ether oxygens (including phenoxy) is 1. The number of aromatic nitrogens is 1. The van der Waals surface area contributed by atoms with E-state index in [4.69, 9.17) is 4.74 Å². The topological polar surface area (TPSA) is 62.7 Å². The van der Waals surface area contributed by atoms with E-state index in [9.17, 15) is 9.90 Å². The Hall–Kier alpha value is -0.980. The summed E-state index contributed by atoms with van der Waals surface area (Å²) in [6.45, 7) is 4.14. The van der Waals surface area contributed by atoms with E-state index in [1.165, 1.54) is 11.3 Å². The fraction of sp³-hybridized carbons (Fsp3) is 0.733. The van der Waals surface area contributed by atoms with Gasteiger partial charge in [-0.2, -0.15) is 0 Å². The van der Waals surface area contributed by atoms with Gasteiger partial charge in [-0.3, -0.25) is 4.79 Å². The van der Waals surface area contributed by atoms with E-state index in [0.29, 0.717) is 11.4 Å². The van der Waals surface area contributed by atoms with Crippen molar-refractivity contribution in [3.05, 3.63) is 15.6 Å². The van der Waals surface area contributed by atoms with Crippen LogP contribution >= 0.6 is 11.3 Å². The Morgan fingerprint density at radius 3 is 2.71 bits per heavy atom. The van der Waals surface area contributed by atoms with Crippen LogP contribution in [0.25, 0.3) is 0 Å². The molecule has 118 valence electrons. The first-order chi connectivity index (χ1) is 9.86. The molecule has 21 heavy (non-hydrogen) atoms. The molecule has 0 aliphatic heterocycles. The van der Waals surface area contributed by atoms with Crippen LogP contribution < -0.4 is 0 Å². The molecule has 1 N–H and O–H groups in total. The van der Waals surface area contributed by atoms with E-state index in [-0.39, 0.29) is 12.0 Å². The van der Waals surface area contributed by atoms with Crippen LogP contribution in [0.3, 0.4) is 0 Å². The number of rotatable bonds is 5. The summed E-state index contributed by atoms with van der Waals surface area (Å²) >= 11 is 1.38. The van der Waals surface area contributed by atoms with Crippen molar-refractivity contribution in [2.75, 3.05) is 20.7 Å². The van der Waals surface area contributed by atoms with Crippen molar-refractivity contribution in [3.8, 4) is 0 Å². The Balaban J connectivity index is 2.10. The third kappa shape index (κ3) is 3.62. The Morgan fingerprint density at radius 1 is 1.52 bits per heavy atom. The fourth-order valence-electron chi connectivity index (χ4n) is 2.77. The molecule has 1 amide bonds. The number of aliphatic hydroxyl groups is 1. The van der Waals surface area contributed by atoms with Gasteiger partial charge in [0.2, 0.25) is 0 Å². The van der Waals surface area contributed by atoms with Crippen LogP contribution in [0.5, 0.6) is 0 Å². The lowest BCUT2D eigenvalue weighted by Crippen LogP contribution is -2.42. The average molecular weight is 312 g/mol. The number of nitrogens with zero attached hydrogens (tertiary/aromatic N) is 2. The number of thiazole rings is 1. The predicted octanol–water partition coefficient (Wildman–Crippen LogP) is 2.54. The van der Waals surface area contributed by atoms with Crippen molar-refractivity contribution in [1.82, 2.24) is 9.88 Å². The van der Waals surface area contributed by atoms with E-state index in [0.717, 1.165) is 36.4 Å². The smallest absolute Gasteiger partial charge is 0.265 e. The first kappa shape index (κ1) is 16.4. The van der Waals surface area contributed by atoms with Gasteiger partial charge in [-0.25, -0.2) is 4.98 Å². The van der Waals surface area contributed by atoms with Gasteiger partial charge in [0.15, 0.2) is 0 Å². The maximum absolute atomic E-state index is 12.6. The molecule has 1 aliphatic rings. The van der Waals surface area contributed by atoms with E-state index in [2.05, 4.69) is 4.98 Å². The van der Waals surface area contributed by atoms with Gasteiger partial charge in [0.1, 0.15) is 16.0 Å². The summed E-state index contributed by atoms with van der Waals surface area (Å²) in [6, 6.07) is 0. The second-order valence-corrected chi connectivity index (χ2v) is 6.97. The minimum atomic E-state index is -0.717. The van der Waals surface area contributed by atoms with Crippen molar-refractivity contribution < 1.29 is 14.6 Å². The standard InChI is InChI=1S/C15H24N2O3S/c1-10-12(21-13(16-10)11(2)20-4)14(18)17(3)9-15(19)7-5-6-8-15/h11,19H,5-9H2,1-4H3. The number of carbonyl (C=O) groups excluding carboxylic acids is 1. The minimum absolute atomic E-state index is 0.0696. The molecule has 0 saturated heterocycles. The molecule has 1 fully saturated rings. The van der Waals surface area contributed by atoms with Crippen LogP contribution in [0.1, 0.15) is 59.1 Å². The zero-order valence-electron chi connectivity index (χ0n) is 13.2. The summed E-state index contributed by atoms with van der Waals surface area (Å²) in [5.74, 6) is -0.0696. The zero-order valence-corrected chi connectivity index (χ0v) is 14.0. The molecular weight excluding hydrogens is 288 g/mol. The lowest BCUT2D eigenvalue weighted by atomic mass is 10.0. The molecule has 5 nitrogen and oxygen atoms in total. The van der Waals surface area contributed by atoms with Gasteiger partial charge < -0.3 is 14.7 Å². The number of methoxy groups -OCH3 is 1. The summed E-state index contributed by atoms with van der Waals surface area (Å²) in [4.78, 5) is 19.2. The summed E-state index contributed by atoms with van der Waals surface area (Å²) < 4.78 is 5.25. The monoisotopic (exact) mass is 312 g/mol. The Kier molecular flexibility index (Phi) is 5.01. The molecule has 2 rings (SSSR count). The molecular formula is C15H24N2O3S. The summed E-state index contributed by atoms with van der Waals surface area (Å²) in [7, 11) is 3.38. The molecule has 1 aromatic heterocycles. The number of likely N-dealkylation sites (N-methyl/N-ethyl adjacent to an activating group) is 1. The van der Waals surface area contributed by atoms with Gasteiger partial charge in [-0.05, 0) is 26.7 Å². The van der Waals surface area contributed by atoms with E-state index in [1.807, 2.05) is 13.8 Å². The Labute approximate surface area is 129 Å². The maximum atomic E-state index is 12.6. The van der Waals surface area contributed by atoms with E-state index >= 15 is 0 Å². The highest BCUT2D eigenvalue weighted by Crippen LogP contribution is 2.31. The first-order valence-corrected chi connectivity index (χ1v) is 8.16. The second kappa shape index (κ2) is 6.42. The summed E-state index contributed by atoms with van der Waals surface area (Å²) in [6.07, 6.45) is 3.51. The number of amides is 1. The van der Waals surface area contributed by atoms with Crippen molar-refractivity contribution in [3.63, 3.8) is 0 Å². The molecule has 1 saturated carbocycles. The van der Waals surface area contributed by atoms with Crippen molar-refractivity contribution in [1.29, 1.82) is 0 Å². The molecule has 1 unspecified atom stereocenters. The molecule has 1 heterocycles. The van der Waals surface area contributed by atoms with E-state index in [1.54, 1.807) is 19.1 Å². The van der Waals surface area contributed by atoms with Gasteiger partial charge in [0.05, 0.1) is 11.3 Å². The number of aryl methyl sites for hydroxylation is 1. The molecule has 6 heteroatoms. The van der Waals surface area contributed by atoms with Crippen molar-refractivity contribution >= 4 is 17.2 Å². The summed E-state index contributed by atoms with van der Waals surface area (Å²) in [5, 5.41) is 11.2. The lowest BCUT2D eigenvalue weighted by Gasteiger charge is -2.28. The van der Waals surface area contributed by atoms with Crippen LogP contribution in [-0.2, 0) is 4.74 Å². The molecule has 1 atom stereocenters. The first-order valence-electron chi connectivity index (χ1n) is 7.34. The molecule has 1 aliphatic carbocycles. The maximum Gasteiger partial charge on any atom is 0.265 e. The van der Waals surface area contributed by atoms with Crippen molar-refractivity contribution in [2.45, 2.75) is 51.2 Å². The van der Waals surface area contributed by atoms with Gasteiger partial charge in [-0.15, -0.1) is 11.3 Å². The summed E-state index contributed by atoms with van der Waals surface area (Å²) in [5.41, 5.74) is 0.0141. The van der Waals surface area contributed by atoms with Crippen LogP contribution in [0.15, 0.2) is 0 Å². The number of carbonyl (C=O) groups is 1. The van der Waals surface area contributed by atoms with Crippen molar-refractivity contribution in [2.24, 2.45) is 0 Å². The normalized spacial score (nSPS) is 18.7. The minimum Gasteiger partial charge on any atom is -0.388 e. The quantitative estimate of drug-likeness (QED) is 0.907. The zero-order chi connectivity index (χ0) is 15.6. The average Bonchev–Trinajstić information content (AvgIpc) is 3.03. The highest BCUT2D eigenvalue weighted by molar-refractivity contribution is 7.13. The van der Waals surface area contributed by atoms with Gasteiger partial charge in [0, 0.05) is 20.7 Å².